The third-order valence-electron chi connectivity index (χ3n) is 3.86. The van der Waals surface area contributed by atoms with Gasteiger partial charge in [-0.2, -0.15) is 0 Å². The van der Waals surface area contributed by atoms with E-state index in [0.717, 1.165) is 25.7 Å². The first kappa shape index (κ1) is 12.4. The highest BCUT2D eigenvalue weighted by Crippen LogP contribution is 2.29. The number of nitrogens with one attached hydrogen (secondary N) is 1. The van der Waals surface area contributed by atoms with Crippen LogP contribution in [-0.2, 0) is 0 Å². The van der Waals surface area contributed by atoms with Crippen molar-refractivity contribution in [2.75, 3.05) is 11.9 Å². The van der Waals surface area contributed by atoms with E-state index in [2.05, 4.69) is 37.4 Å². The zero-order chi connectivity index (χ0) is 12.3. The van der Waals surface area contributed by atoms with Crippen molar-refractivity contribution in [2.45, 2.75) is 51.6 Å². The van der Waals surface area contributed by atoms with Crippen molar-refractivity contribution < 1.29 is 5.11 Å². The van der Waals surface area contributed by atoms with Gasteiger partial charge in [0.25, 0.3) is 0 Å². The predicted molar refractivity (Wildman–Crippen MR) is 72.4 cm³/mol. The Bertz CT molecular complexity index is 360. The van der Waals surface area contributed by atoms with Crippen molar-refractivity contribution >= 4 is 5.69 Å². The zero-order valence-corrected chi connectivity index (χ0v) is 10.9. The fraction of sp³-hybridized carbons (Fsp3) is 0.600. The monoisotopic (exact) mass is 233 g/mol. The summed E-state index contributed by atoms with van der Waals surface area (Å²) in [6.45, 7) is 4.90. The van der Waals surface area contributed by atoms with E-state index >= 15 is 0 Å². The van der Waals surface area contributed by atoms with Crippen LogP contribution in [-0.4, -0.2) is 17.3 Å². The highest BCUT2D eigenvalue weighted by atomic mass is 16.3. The summed E-state index contributed by atoms with van der Waals surface area (Å²) in [6.07, 6.45) is 5.46. The Hall–Kier alpha value is -1.02. The SMILES string of the molecule is Cc1cccc(C)c1NCC1(O)CCCCC1. The van der Waals surface area contributed by atoms with Gasteiger partial charge in [-0.15, -0.1) is 0 Å². The van der Waals surface area contributed by atoms with Gasteiger partial charge in [0.15, 0.2) is 0 Å². The van der Waals surface area contributed by atoms with Gasteiger partial charge in [-0.05, 0) is 37.8 Å². The number of anilines is 1. The van der Waals surface area contributed by atoms with Crippen LogP contribution in [0.1, 0.15) is 43.2 Å². The topological polar surface area (TPSA) is 32.3 Å². The van der Waals surface area contributed by atoms with Gasteiger partial charge in [0.2, 0.25) is 0 Å². The van der Waals surface area contributed by atoms with E-state index in [-0.39, 0.29) is 0 Å². The molecule has 0 spiro atoms. The Balaban J connectivity index is 2.02. The third-order valence-corrected chi connectivity index (χ3v) is 3.86. The molecule has 0 amide bonds. The third kappa shape index (κ3) is 3.01. The number of rotatable bonds is 3. The van der Waals surface area contributed by atoms with Crippen molar-refractivity contribution in [3.8, 4) is 0 Å². The summed E-state index contributed by atoms with van der Waals surface area (Å²) in [5, 5.41) is 13.9. The number of hydrogen-bond acceptors (Lipinski definition) is 2. The molecule has 0 heterocycles. The highest BCUT2D eigenvalue weighted by molar-refractivity contribution is 5.56. The molecule has 0 atom stereocenters. The minimum absolute atomic E-state index is 0.493. The lowest BCUT2D eigenvalue weighted by molar-refractivity contribution is 0.0167. The van der Waals surface area contributed by atoms with Gasteiger partial charge in [-0.25, -0.2) is 0 Å². The molecule has 1 aromatic rings. The lowest BCUT2D eigenvalue weighted by Gasteiger charge is -2.33. The Morgan fingerprint density at radius 3 is 2.29 bits per heavy atom. The normalized spacial score (nSPS) is 19.0. The molecule has 1 aliphatic carbocycles. The van der Waals surface area contributed by atoms with Crippen LogP contribution in [0.25, 0.3) is 0 Å². The van der Waals surface area contributed by atoms with Gasteiger partial charge < -0.3 is 10.4 Å². The maximum absolute atomic E-state index is 10.5. The van der Waals surface area contributed by atoms with Crippen LogP contribution in [0.15, 0.2) is 18.2 Å². The second-order valence-electron chi connectivity index (χ2n) is 5.41. The van der Waals surface area contributed by atoms with E-state index in [1.165, 1.54) is 23.2 Å². The molecular formula is C15H23NO. The molecule has 17 heavy (non-hydrogen) atoms. The largest absolute Gasteiger partial charge is 0.388 e. The molecule has 0 aliphatic heterocycles. The number of aryl methyl sites for hydroxylation is 2. The number of benzene rings is 1. The molecule has 0 bridgehead atoms. The van der Waals surface area contributed by atoms with Gasteiger partial charge >= 0.3 is 0 Å². The van der Waals surface area contributed by atoms with E-state index < -0.39 is 5.60 Å². The second kappa shape index (κ2) is 5.09. The van der Waals surface area contributed by atoms with Gasteiger partial charge in [0, 0.05) is 12.2 Å². The molecule has 2 nitrogen and oxygen atoms in total. The van der Waals surface area contributed by atoms with E-state index in [1.807, 2.05) is 0 Å². The number of hydrogen-bond donors (Lipinski definition) is 2. The Kier molecular flexibility index (Phi) is 3.72. The van der Waals surface area contributed by atoms with Crippen LogP contribution in [0.2, 0.25) is 0 Å². The van der Waals surface area contributed by atoms with Crippen molar-refractivity contribution in [1.29, 1.82) is 0 Å². The average molecular weight is 233 g/mol. The van der Waals surface area contributed by atoms with E-state index in [1.54, 1.807) is 0 Å². The van der Waals surface area contributed by atoms with E-state index in [4.69, 9.17) is 0 Å². The van der Waals surface area contributed by atoms with Crippen LogP contribution in [0.4, 0.5) is 5.69 Å². The average Bonchev–Trinajstić information content (AvgIpc) is 2.29. The number of aliphatic hydroxyl groups is 1. The van der Waals surface area contributed by atoms with Crippen LogP contribution in [0, 0.1) is 13.8 Å². The first-order valence-corrected chi connectivity index (χ1v) is 6.63. The smallest absolute Gasteiger partial charge is 0.0819 e. The first-order chi connectivity index (χ1) is 8.11. The van der Waals surface area contributed by atoms with E-state index in [9.17, 15) is 5.11 Å². The molecule has 0 radical (unpaired) electrons. The standard InChI is InChI=1S/C15H23NO/c1-12-7-6-8-13(2)14(12)16-11-15(17)9-4-3-5-10-15/h6-8,16-17H,3-5,9-11H2,1-2H3. The van der Waals surface area contributed by atoms with Crippen molar-refractivity contribution in [3.05, 3.63) is 29.3 Å². The predicted octanol–water partition coefficient (Wildman–Crippen LogP) is 3.41. The second-order valence-corrected chi connectivity index (χ2v) is 5.41. The van der Waals surface area contributed by atoms with Crippen LogP contribution >= 0.6 is 0 Å². The summed E-state index contributed by atoms with van der Waals surface area (Å²) in [4.78, 5) is 0. The molecule has 1 fully saturated rings. The summed E-state index contributed by atoms with van der Waals surface area (Å²) < 4.78 is 0. The molecule has 2 rings (SSSR count). The van der Waals surface area contributed by atoms with Gasteiger partial charge in [0.1, 0.15) is 0 Å². The quantitative estimate of drug-likeness (QED) is 0.838. The van der Waals surface area contributed by atoms with Crippen LogP contribution < -0.4 is 5.32 Å². The van der Waals surface area contributed by atoms with Crippen molar-refractivity contribution in [1.82, 2.24) is 0 Å². The molecule has 1 aliphatic rings. The molecule has 1 saturated carbocycles. The lowest BCUT2D eigenvalue weighted by Crippen LogP contribution is -2.39. The molecule has 1 aromatic carbocycles. The minimum Gasteiger partial charge on any atom is -0.388 e. The van der Waals surface area contributed by atoms with Crippen molar-refractivity contribution in [3.63, 3.8) is 0 Å². The van der Waals surface area contributed by atoms with Crippen molar-refractivity contribution in [2.24, 2.45) is 0 Å². The Morgan fingerprint density at radius 2 is 1.71 bits per heavy atom. The van der Waals surface area contributed by atoms with Gasteiger partial charge in [-0.1, -0.05) is 37.5 Å². The summed E-state index contributed by atoms with van der Waals surface area (Å²) >= 11 is 0. The molecular weight excluding hydrogens is 210 g/mol. The highest BCUT2D eigenvalue weighted by Gasteiger charge is 2.28. The van der Waals surface area contributed by atoms with E-state index in [0.29, 0.717) is 6.54 Å². The molecule has 2 N–H and O–H groups in total. The van der Waals surface area contributed by atoms with Gasteiger partial charge in [-0.3, -0.25) is 0 Å². The zero-order valence-electron chi connectivity index (χ0n) is 10.9. The number of para-hydroxylation sites is 1. The summed E-state index contributed by atoms with van der Waals surface area (Å²) in [5.41, 5.74) is 3.20. The summed E-state index contributed by atoms with van der Waals surface area (Å²) in [6, 6.07) is 6.30. The Labute approximate surface area is 104 Å². The van der Waals surface area contributed by atoms with Crippen LogP contribution in [0.3, 0.4) is 0 Å². The summed E-state index contributed by atoms with van der Waals surface area (Å²) in [7, 11) is 0. The first-order valence-electron chi connectivity index (χ1n) is 6.63. The Morgan fingerprint density at radius 1 is 1.12 bits per heavy atom. The van der Waals surface area contributed by atoms with Crippen LogP contribution in [0.5, 0.6) is 0 Å². The maximum Gasteiger partial charge on any atom is 0.0819 e. The fourth-order valence-electron chi connectivity index (χ4n) is 2.73. The molecule has 0 saturated heterocycles. The molecule has 2 heteroatoms. The fourth-order valence-corrected chi connectivity index (χ4v) is 2.73. The molecule has 0 aromatic heterocycles. The molecule has 0 unspecified atom stereocenters. The van der Waals surface area contributed by atoms with Gasteiger partial charge in [0.05, 0.1) is 5.60 Å². The lowest BCUT2D eigenvalue weighted by atomic mass is 9.85. The molecule has 94 valence electrons. The minimum atomic E-state index is -0.493. The summed E-state index contributed by atoms with van der Waals surface area (Å²) in [5.74, 6) is 0. The maximum atomic E-state index is 10.5.